The van der Waals surface area contributed by atoms with E-state index in [1.54, 1.807) is 31.5 Å². The first-order valence-electron chi connectivity index (χ1n) is 16.3. The first kappa shape index (κ1) is 35.0. The Morgan fingerprint density at radius 1 is 1.04 bits per heavy atom. The molecule has 2 aliphatic rings. The molecule has 0 bridgehead atoms. The summed E-state index contributed by atoms with van der Waals surface area (Å²) in [5.41, 5.74) is 0.688. The van der Waals surface area contributed by atoms with Crippen molar-refractivity contribution >= 4 is 23.3 Å². The third kappa shape index (κ3) is 8.96. The summed E-state index contributed by atoms with van der Waals surface area (Å²) in [7, 11) is 1.54. The number of ether oxygens (including phenoxy) is 2. The number of aromatic nitrogens is 2. The van der Waals surface area contributed by atoms with Crippen molar-refractivity contribution < 1.29 is 37.3 Å². The van der Waals surface area contributed by atoms with E-state index < -0.39 is 29.0 Å². The lowest BCUT2D eigenvalue weighted by molar-refractivity contribution is -0.138. The number of carbonyl (C=O) groups excluding carboxylic acids is 1. The maximum absolute atomic E-state index is 14.2. The summed E-state index contributed by atoms with van der Waals surface area (Å²) in [6, 6.07) is 9.85. The zero-order valence-corrected chi connectivity index (χ0v) is 27.8. The predicted molar refractivity (Wildman–Crippen MR) is 176 cm³/mol. The standard InChI is InChI=1S/C36H43F3N4O5/c1-35(2,3)22-43(27-16-26(19-40-20-27)36(37,38)39)34(46)29-8-7-28(47-4)17-31(29)42-13-10-23(11-14-42)21-48-32-15-25(9-12-41-32)30(18-33(44)45)24-5-6-24/h7-9,12,15-17,19-20,23-24,30H,5-6,10-11,13-14,18,21-22H2,1-4H3,(H,44,45). The third-order valence-corrected chi connectivity index (χ3v) is 8.87. The zero-order valence-electron chi connectivity index (χ0n) is 27.8. The fourth-order valence-electron chi connectivity index (χ4n) is 6.23. The van der Waals surface area contributed by atoms with Crippen molar-refractivity contribution in [3.05, 3.63) is 71.7 Å². The Morgan fingerprint density at radius 2 is 1.77 bits per heavy atom. The van der Waals surface area contributed by atoms with Crippen LogP contribution in [0.5, 0.6) is 11.6 Å². The molecule has 0 radical (unpaired) electrons. The number of alkyl halides is 3. The van der Waals surface area contributed by atoms with E-state index in [0.29, 0.717) is 48.5 Å². The lowest BCUT2D eigenvalue weighted by atomic mass is 9.92. The molecule has 1 aliphatic carbocycles. The molecule has 258 valence electrons. The number of rotatable bonds is 12. The average Bonchev–Trinajstić information content (AvgIpc) is 3.90. The molecule has 1 aromatic carbocycles. The maximum Gasteiger partial charge on any atom is 0.417 e. The molecule has 0 spiro atoms. The molecule has 5 rings (SSSR count). The molecule has 1 atom stereocenters. The van der Waals surface area contributed by atoms with Gasteiger partial charge in [0.2, 0.25) is 5.88 Å². The van der Waals surface area contributed by atoms with Crippen LogP contribution >= 0.6 is 0 Å². The molecular formula is C36H43F3N4O5. The number of benzene rings is 1. The summed E-state index contributed by atoms with van der Waals surface area (Å²) in [5.74, 6) is 0.378. The maximum atomic E-state index is 14.2. The van der Waals surface area contributed by atoms with Crippen LogP contribution in [0.3, 0.4) is 0 Å². The second-order valence-electron chi connectivity index (χ2n) is 14.0. The van der Waals surface area contributed by atoms with Crippen LogP contribution in [-0.4, -0.2) is 60.3 Å². The van der Waals surface area contributed by atoms with E-state index in [1.165, 1.54) is 11.1 Å². The minimum Gasteiger partial charge on any atom is -0.497 e. The van der Waals surface area contributed by atoms with E-state index in [4.69, 9.17) is 9.47 Å². The molecule has 9 nitrogen and oxygen atoms in total. The van der Waals surface area contributed by atoms with Gasteiger partial charge in [-0.3, -0.25) is 14.6 Å². The highest BCUT2D eigenvalue weighted by molar-refractivity contribution is 6.10. The van der Waals surface area contributed by atoms with Gasteiger partial charge < -0.3 is 24.4 Å². The van der Waals surface area contributed by atoms with E-state index in [9.17, 15) is 27.9 Å². The fraction of sp³-hybridized carbons (Fsp3) is 0.500. The molecular weight excluding hydrogens is 625 g/mol. The number of anilines is 2. The second-order valence-corrected chi connectivity index (χ2v) is 14.0. The largest absolute Gasteiger partial charge is 0.497 e. The van der Waals surface area contributed by atoms with Gasteiger partial charge in [0, 0.05) is 44.2 Å². The van der Waals surface area contributed by atoms with Gasteiger partial charge in [0.15, 0.2) is 0 Å². The van der Waals surface area contributed by atoms with Gasteiger partial charge in [-0.1, -0.05) is 20.8 Å². The number of hydrogen-bond donors (Lipinski definition) is 1. The Balaban J connectivity index is 1.30. The predicted octanol–water partition coefficient (Wildman–Crippen LogP) is 7.46. The van der Waals surface area contributed by atoms with E-state index in [0.717, 1.165) is 43.5 Å². The van der Waals surface area contributed by atoms with Gasteiger partial charge in [0.05, 0.1) is 48.8 Å². The minimum absolute atomic E-state index is 0.0416. The van der Waals surface area contributed by atoms with Crippen molar-refractivity contribution in [3.63, 3.8) is 0 Å². The van der Waals surface area contributed by atoms with Crippen molar-refractivity contribution in [2.45, 2.75) is 65.0 Å². The summed E-state index contributed by atoms with van der Waals surface area (Å²) in [6.07, 6.45) is 2.82. The van der Waals surface area contributed by atoms with E-state index >= 15 is 0 Å². The smallest absolute Gasteiger partial charge is 0.417 e. The molecule has 2 aromatic heterocycles. The van der Waals surface area contributed by atoms with Crippen LogP contribution in [0.4, 0.5) is 24.5 Å². The molecule has 1 unspecified atom stereocenters. The van der Waals surface area contributed by atoms with E-state index in [-0.39, 0.29) is 30.5 Å². The molecule has 1 amide bonds. The Bertz CT molecular complexity index is 1600. The quantitative estimate of drug-likeness (QED) is 0.212. The number of amides is 1. The number of carboxylic acids is 1. The molecule has 1 aliphatic heterocycles. The number of piperidine rings is 1. The van der Waals surface area contributed by atoms with Gasteiger partial charge in [-0.15, -0.1) is 0 Å². The number of aliphatic carboxylic acids is 1. The highest BCUT2D eigenvalue weighted by Crippen LogP contribution is 2.45. The lowest BCUT2D eigenvalue weighted by Gasteiger charge is -2.36. The van der Waals surface area contributed by atoms with Crippen LogP contribution in [-0.2, 0) is 11.0 Å². The Labute approximate surface area is 279 Å². The molecule has 1 saturated heterocycles. The van der Waals surface area contributed by atoms with Gasteiger partial charge >= 0.3 is 12.1 Å². The van der Waals surface area contributed by atoms with Gasteiger partial charge in [0.25, 0.3) is 5.91 Å². The molecule has 3 heterocycles. The first-order valence-corrected chi connectivity index (χ1v) is 16.3. The third-order valence-electron chi connectivity index (χ3n) is 8.87. The van der Waals surface area contributed by atoms with Gasteiger partial charge in [-0.05, 0) is 78.7 Å². The lowest BCUT2D eigenvalue weighted by Crippen LogP contribution is -2.40. The van der Waals surface area contributed by atoms with Crippen molar-refractivity contribution in [2.75, 3.05) is 43.2 Å². The van der Waals surface area contributed by atoms with Gasteiger partial charge in [0.1, 0.15) is 5.75 Å². The summed E-state index contributed by atoms with van der Waals surface area (Å²) in [6.45, 7) is 7.63. The van der Waals surface area contributed by atoms with Crippen LogP contribution in [0.25, 0.3) is 0 Å². The summed E-state index contributed by atoms with van der Waals surface area (Å²) in [4.78, 5) is 37.3. The normalized spacial score (nSPS) is 16.4. The van der Waals surface area contributed by atoms with E-state index in [1.807, 2.05) is 32.9 Å². The van der Waals surface area contributed by atoms with Crippen LogP contribution in [0.15, 0.2) is 55.0 Å². The summed E-state index contributed by atoms with van der Waals surface area (Å²) < 4.78 is 52.4. The fourth-order valence-corrected chi connectivity index (χ4v) is 6.23. The molecule has 12 heteroatoms. The number of methoxy groups -OCH3 is 1. The number of nitrogens with zero attached hydrogens (tertiary/aromatic N) is 4. The SMILES string of the molecule is COc1ccc(C(=O)N(CC(C)(C)C)c2cncc(C(F)(F)F)c2)c(N2CCC(COc3cc(C(CC(=O)O)C4CC4)ccn3)CC2)c1. The molecule has 2 fully saturated rings. The van der Waals surface area contributed by atoms with Crippen molar-refractivity contribution in [2.24, 2.45) is 17.3 Å². The van der Waals surface area contributed by atoms with Crippen LogP contribution < -0.4 is 19.3 Å². The van der Waals surface area contributed by atoms with Crippen molar-refractivity contribution in [1.82, 2.24) is 9.97 Å². The van der Waals surface area contributed by atoms with Crippen molar-refractivity contribution in [3.8, 4) is 11.6 Å². The number of pyridine rings is 2. The van der Waals surface area contributed by atoms with Crippen LogP contribution in [0, 0.1) is 17.3 Å². The number of carboxylic acid groups (broad SMARTS) is 1. The topological polar surface area (TPSA) is 105 Å². The van der Waals surface area contributed by atoms with E-state index in [2.05, 4.69) is 14.9 Å². The average molecular weight is 669 g/mol. The zero-order chi connectivity index (χ0) is 34.6. The summed E-state index contributed by atoms with van der Waals surface area (Å²) in [5, 5.41) is 9.39. The van der Waals surface area contributed by atoms with Crippen molar-refractivity contribution in [1.29, 1.82) is 0 Å². The molecule has 1 N–H and O–H groups in total. The monoisotopic (exact) mass is 668 g/mol. The van der Waals surface area contributed by atoms with Gasteiger partial charge in [-0.2, -0.15) is 13.2 Å². The minimum atomic E-state index is -4.60. The number of halogens is 3. The molecule has 1 saturated carbocycles. The Hall–Kier alpha value is -4.35. The highest BCUT2D eigenvalue weighted by atomic mass is 19.4. The first-order chi connectivity index (χ1) is 22.7. The van der Waals surface area contributed by atoms with Gasteiger partial charge in [-0.25, -0.2) is 4.98 Å². The Morgan fingerprint density at radius 3 is 2.40 bits per heavy atom. The molecule has 3 aromatic rings. The second kappa shape index (κ2) is 14.4. The summed E-state index contributed by atoms with van der Waals surface area (Å²) >= 11 is 0. The van der Waals surface area contributed by atoms with Crippen LogP contribution in [0.1, 0.15) is 80.3 Å². The highest BCUT2D eigenvalue weighted by Gasteiger charge is 2.35. The molecule has 48 heavy (non-hydrogen) atoms. The van der Waals surface area contributed by atoms with Crippen LogP contribution in [0.2, 0.25) is 0 Å². The number of hydrogen-bond acceptors (Lipinski definition) is 7. The number of carbonyl (C=O) groups is 2. The Kier molecular flexibility index (Phi) is 10.5.